The van der Waals surface area contributed by atoms with Crippen LogP contribution in [0.2, 0.25) is 0 Å². The smallest absolute Gasteiger partial charge is 0.230 e. The fourth-order valence-corrected chi connectivity index (χ4v) is 3.32. The number of benzene rings is 1. The Morgan fingerprint density at radius 3 is 3.04 bits per heavy atom. The second-order valence-corrected chi connectivity index (χ2v) is 6.63. The first-order chi connectivity index (χ1) is 12.8. The van der Waals surface area contributed by atoms with Crippen molar-refractivity contribution in [1.82, 2.24) is 25.5 Å². The van der Waals surface area contributed by atoms with Crippen molar-refractivity contribution in [3.05, 3.63) is 54.4 Å². The molecule has 0 unspecified atom stereocenters. The highest BCUT2D eigenvalue weighted by Gasteiger charge is 2.10. The fraction of sp³-hybridized carbons (Fsp3) is 0.167. The number of H-pyrrole nitrogens is 2. The molecule has 0 aliphatic heterocycles. The summed E-state index contributed by atoms with van der Waals surface area (Å²) in [5, 5.41) is 11.5. The zero-order valence-electron chi connectivity index (χ0n) is 13.9. The maximum atomic E-state index is 12.0. The van der Waals surface area contributed by atoms with E-state index in [0.717, 1.165) is 11.9 Å². The number of aromatic nitrogens is 4. The number of nitrogens with one attached hydrogen (secondary N) is 3. The molecule has 0 bridgehead atoms. The molecule has 4 rings (SSSR count). The molecule has 0 aliphatic carbocycles. The van der Waals surface area contributed by atoms with Crippen molar-refractivity contribution in [2.45, 2.75) is 11.6 Å². The lowest BCUT2D eigenvalue weighted by Gasteiger charge is -2.03. The molecule has 1 amide bonds. The van der Waals surface area contributed by atoms with Crippen molar-refractivity contribution in [3.8, 4) is 11.6 Å². The maximum Gasteiger partial charge on any atom is 0.230 e. The third-order valence-electron chi connectivity index (χ3n) is 3.94. The van der Waals surface area contributed by atoms with Crippen LogP contribution in [0.1, 0.15) is 5.56 Å². The van der Waals surface area contributed by atoms with E-state index in [1.54, 1.807) is 18.4 Å². The Morgan fingerprint density at radius 1 is 1.23 bits per heavy atom. The average molecular weight is 367 g/mol. The summed E-state index contributed by atoms with van der Waals surface area (Å²) in [6.45, 7) is 0.590. The number of aromatic amines is 2. The van der Waals surface area contributed by atoms with Crippen molar-refractivity contribution in [3.63, 3.8) is 0 Å². The summed E-state index contributed by atoms with van der Waals surface area (Å²) in [6.07, 6.45) is 4.35. The Labute approximate surface area is 153 Å². The van der Waals surface area contributed by atoms with E-state index in [9.17, 15) is 4.79 Å². The van der Waals surface area contributed by atoms with Crippen LogP contribution >= 0.6 is 11.8 Å². The second-order valence-electron chi connectivity index (χ2n) is 5.69. The third kappa shape index (κ3) is 3.65. The first kappa shape index (κ1) is 16.5. The minimum atomic E-state index is -0.0424. The summed E-state index contributed by atoms with van der Waals surface area (Å²) in [6, 6.07) is 11.7. The van der Waals surface area contributed by atoms with Crippen molar-refractivity contribution in [1.29, 1.82) is 0 Å². The molecule has 0 radical (unpaired) electrons. The van der Waals surface area contributed by atoms with Gasteiger partial charge in [-0.05, 0) is 30.2 Å². The molecule has 4 aromatic rings. The number of rotatable bonds is 7. The van der Waals surface area contributed by atoms with Crippen LogP contribution in [-0.2, 0) is 11.2 Å². The van der Waals surface area contributed by atoms with Gasteiger partial charge in [0.05, 0.1) is 12.0 Å². The first-order valence-electron chi connectivity index (χ1n) is 8.20. The van der Waals surface area contributed by atoms with E-state index in [1.165, 1.54) is 22.7 Å². The van der Waals surface area contributed by atoms with Crippen LogP contribution in [0, 0.1) is 0 Å². The van der Waals surface area contributed by atoms with Crippen LogP contribution in [0.3, 0.4) is 0 Å². The summed E-state index contributed by atoms with van der Waals surface area (Å²) in [4.78, 5) is 19.6. The minimum absolute atomic E-state index is 0.0424. The quantitative estimate of drug-likeness (QED) is 0.436. The number of hydrogen-bond acceptors (Lipinski definition) is 5. The van der Waals surface area contributed by atoms with Gasteiger partial charge in [0.25, 0.3) is 0 Å². The molecule has 3 N–H and O–H groups in total. The average Bonchev–Trinajstić information content (AvgIpc) is 3.40. The van der Waals surface area contributed by atoms with Crippen LogP contribution in [0.4, 0.5) is 0 Å². The number of thioether (sulfide) groups is 1. The highest BCUT2D eigenvalue weighted by Crippen LogP contribution is 2.19. The molecule has 0 spiro atoms. The maximum absolute atomic E-state index is 12.0. The molecule has 0 atom stereocenters. The number of nitrogens with zero attached hydrogens (tertiary/aromatic N) is 2. The zero-order valence-corrected chi connectivity index (χ0v) is 14.7. The zero-order chi connectivity index (χ0) is 17.8. The van der Waals surface area contributed by atoms with Gasteiger partial charge in [0, 0.05) is 23.6 Å². The Hall–Kier alpha value is -3.00. The largest absolute Gasteiger partial charge is 0.461 e. The minimum Gasteiger partial charge on any atom is -0.461 e. The number of furan rings is 1. The van der Waals surface area contributed by atoms with Gasteiger partial charge in [0.2, 0.25) is 11.1 Å². The summed E-state index contributed by atoms with van der Waals surface area (Å²) in [5.74, 6) is 1.40. The Bertz CT molecular complexity index is 1010. The molecule has 132 valence electrons. The standard InChI is InChI=1S/C18H17N5O2S/c24-16(11-26-18-21-17(22-23-18)15-6-3-9-25-15)19-8-7-12-10-20-14-5-2-1-4-13(12)14/h1-6,9-10,20H,7-8,11H2,(H,19,24)(H,21,22,23). The first-order valence-corrected chi connectivity index (χ1v) is 9.19. The normalized spacial score (nSPS) is 11.1. The molecular formula is C18H17N5O2S. The van der Waals surface area contributed by atoms with E-state index < -0.39 is 0 Å². The van der Waals surface area contributed by atoms with Crippen molar-refractivity contribution < 1.29 is 9.21 Å². The van der Waals surface area contributed by atoms with Gasteiger partial charge in [-0.25, -0.2) is 0 Å². The second kappa shape index (κ2) is 7.49. The topological polar surface area (TPSA) is 99.6 Å². The number of fused-ring (bicyclic) bond motifs is 1. The Morgan fingerprint density at radius 2 is 2.15 bits per heavy atom. The van der Waals surface area contributed by atoms with E-state index in [-0.39, 0.29) is 11.7 Å². The summed E-state index contributed by atoms with van der Waals surface area (Å²) in [5.41, 5.74) is 2.31. The molecule has 26 heavy (non-hydrogen) atoms. The molecule has 1 aromatic carbocycles. The van der Waals surface area contributed by atoms with Gasteiger partial charge in [-0.1, -0.05) is 30.0 Å². The molecule has 7 nitrogen and oxygen atoms in total. The van der Waals surface area contributed by atoms with Crippen LogP contribution in [0.15, 0.2) is 58.4 Å². The van der Waals surface area contributed by atoms with Gasteiger partial charge in [0.15, 0.2) is 11.6 Å². The highest BCUT2D eigenvalue weighted by molar-refractivity contribution is 7.99. The van der Waals surface area contributed by atoms with Crippen molar-refractivity contribution in [2.75, 3.05) is 12.3 Å². The number of para-hydroxylation sites is 1. The number of amides is 1. The van der Waals surface area contributed by atoms with E-state index in [4.69, 9.17) is 4.42 Å². The van der Waals surface area contributed by atoms with E-state index in [2.05, 4.69) is 31.5 Å². The molecule has 0 saturated heterocycles. The number of carbonyl (C=O) groups is 1. The predicted molar refractivity (Wildman–Crippen MR) is 99.8 cm³/mol. The van der Waals surface area contributed by atoms with Crippen LogP contribution in [-0.4, -0.2) is 38.4 Å². The van der Waals surface area contributed by atoms with Gasteiger partial charge < -0.3 is 14.7 Å². The molecule has 0 fully saturated rings. The molecule has 3 heterocycles. The Kier molecular flexibility index (Phi) is 4.74. The lowest BCUT2D eigenvalue weighted by atomic mass is 10.1. The highest BCUT2D eigenvalue weighted by atomic mass is 32.2. The van der Waals surface area contributed by atoms with Gasteiger partial charge >= 0.3 is 0 Å². The molecule has 0 aliphatic rings. The lowest BCUT2D eigenvalue weighted by molar-refractivity contribution is -0.118. The third-order valence-corrected chi connectivity index (χ3v) is 4.79. The number of carbonyl (C=O) groups excluding carboxylic acids is 1. The Balaban J connectivity index is 1.24. The van der Waals surface area contributed by atoms with Crippen LogP contribution in [0.5, 0.6) is 0 Å². The summed E-state index contributed by atoms with van der Waals surface area (Å²) >= 11 is 1.28. The van der Waals surface area contributed by atoms with Crippen LogP contribution in [0.25, 0.3) is 22.5 Å². The van der Waals surface area contributed by atoms with Gasteiger partial charge in [-0.15, -0.1) is 5.10 Å². The summed E-state index contributed by atoms with van der Waals surface area (Å²) in [7, 11) is 0. The molecule has 8 heteroatoms. The van der Waals surface area contributed by atoms with Gasteiger partial charge in [0.1, 0.15) is 0 Å². The van der Waals surface area contributed by atoms with Crippen molar-refractivity contribution >= 4 is 28.6 Å². The predicted octanol–water partition coefficient (Wildman–Crippen LogP) is 3.00. The SMILES string of the molecule is O=C(CSc1n[nH]c(-c2ccco2)n1)NCCc1c[nH]c2ccccc12. The fourth-order valence-electron chi connectivity index (χ4n) is 2.69. The van der Waals surface area contributed by atoms with Gasteiger partial charge in [-0.3, -0.25) is 9.89 Å². The monoisotopic (exact) mass is 367 g/mol. The van der Waals surface area contributed by atoms with E-state index >= 15 is 0 Å². The van der Waals surface area contributed by atoms with Crippen molar-refractivity contribution in [2.24, 2.45) is 0 Å². The number of hydrogen-bond donors (Lipinski definition) is 3. The van der Waals surface area contributed by atoms with Crippen LogP contribution < -0.4 is 5.32 Å². The molecular weight excluding hydrogens is 350 g/mol. The van der Waals surface area contributed by atoms with E-state index in [0.29, 0.717) is 23.3 Å². The summed E-state index contributed by atoms with van der Waals surface area (Å²) < 4.78 is 5.25. The lowest BCUT2D eigenvalue weighted by Crippen LogP contribution is -2.27. The molecule has 0 saturated carbocycles. The van der Waals surface area contributed by atoms with Gasteiger partial charge in [-0.2, -0.15) is 4.98 Å². The van der Waals surface area contributed by atoms with E-state index in [1.807, 2.05) is 24.4 Å². The molecule has 3 aromatic heterocycles.